The van der Waals surface area contributed by atoms with Crippen LogP contribution in [0.2, 0.25) is 0 Å². The zero-order chi connectivity index (χ0) is 20.6. The van der Waals surface area contributed by atoms with Crippen LogP contribution in [0.5, 0.6) is 0 Å². The monoisotopic (exact) mass is 412 g/mol. The van der Waals surface area contributed by atoms with Crippen LogP contribution in [-0.2, 0) is 14.3 Å². The van der Waals surface area contributed by atoms with Crippen LogP contribution in [0.25, 0.3) is 16.5 Å². The topological polar surface area (TPSA) is 84.5 Å². The summed E-state index contributed by atoms with van der Waals surface area (Å²) in [4.78, 5) is 35.8. The second kappa shape index (κ2) is 9.70. The highest BCUT2D eigenvalue weighted by molar-refractivity contribution is 7.16. The minimum absolute atomic E-state index is 0.784. The van der Waals surface area contributed by atoms with Crippen molar-refractivity contribution in [2.75, 3.05) is 13.2 Å². The smallest absolute Gasteiger partial charge is 0.405 e. The van der Waals surface area contributed by atoms with Crippen LogP contribution in [0.4, 0.5) is 18.0 Å². The molecule has 2 aromatic rings. The van der Waals surface area contributed by atoms with E-state index in [1.54, 1.807) is 5.32 Å². The molecule has 0 aliphatic carbocycles. The van der Waals surface area contributed by atoms with Gasteiger partial charge in [0.15, 0.2) is 6.61 Å². The van der Waals surface area contributed by atoms with Crippen molar-refractivity contribution in [3.63, 3.8) is 0 Å². The average Bonchev–Trinajstić information content (AvgIpc) is 3.12. The Morgan fingerprint density at radius 1 is 1.07 bits per heavy atom. The number of esters is 1. The summed E-state index contributed by atoms with van der Waals surface area (Å²) < 4.78 is 40.4. The van der Waals surface area contributed by atoms with Crippen molar-refractivity contribution in [3.05, 3.63) is 53.4 Å². The molecule has 0 spiro atoms. The highest BCUT2D eigenvalue weighted by Crippen LogP contribution is 2.28. The van der Waals surface area contributed by atoms with E-state index in [-0.39, 0.29) is 0 Å². The van der Waals surface area contributed by atoms with E-state index in [2.05, 4.69) is 4.74 Å². The molecule has 2 N–H and O–H groups in total. The Morgan fingerprint density at radius 3 is 2.46 bits per heavy atom. The maximum atomic E-state index is 11.9. The van der Waals surface area contributed by atoms with Crippen LogP contribution in [0, 0.1) is 0 Å². The first-order chi connectivity index (χ1) is 13.2. The second-order valence-electron chi connectivity index (χ2n) is 5.36. The van der Waals surface area contributed by atoms with Crippen molar-refractivity contribution in [1.82, 2.24) is 10.6 Å². The van der Waals surface area contributed by atoms with E-state index in [9.17, 15) is 27.6 Å². The molecule has 0 bridgehead atoms. The third-order valence-corrected chi connectivity index (χ3v) is 4.22. The molecule has 0 aliphatic rings. The van der Waals surface area contributed by atoms with Gasteiger partial charge >= 0.3 is 18.2 Å². The normalized spacial score (nSPS) is 11.2. The van der Waals surface area contributed by atoms with Gasteiger partial charge in [-0.15, -0.1) is 11.3 Å². The van der Waals surface area contributed by atoms with Crippen molar-refractivity contribution in [2.24, 2.45) is 0 Å². The molecule has 0 atom stereocenters. The van der Waals surface area contributed by atoms with Crippen molar-refractivity contribution in [2.45, 2.75) is 6.18 Å². The summed E-state index contributed by atoms with van der Waals surface area (Å²) in [6, 6.07) is 12.0. The fraction of sp³-hybridized carbons (Fsp3) is 0.167. The molecule has 6 nitrogen and oxygen atoms in total. The van der Waals surface area contributed by atoms with Crippen molar-refractivity contribution < 1.29 is 32.3 Å². The Balaban J connectivity index is 1.75. The predicted octanol–water partition coefficient (Wildman–Crippen LogP) is 3.36. The number of urea groups is 1. The minimum Gasteiger partial charge on any atom is -0.452 e. The molecule has 1 aromatic carbocycles. The van der Waals surface area contributed by atoms with Crippen molar-refractivity contribution >= 4 is 35.3 Å². The van der Waals surface area contributed by atoms with E-state index in [0.717, 1.165) is 21.4 Å². The van der Waals surface area contributed by atoms with Gasteiger partial charge in [0.1, 0.15) is 6.54 Å². The zero-order valence-electron chi connectivity index (χ0n) is 14.3. The van der Waals surface area contributed by atoms with Gasteiger partial charge in [0.25, 0.3) is 5.91 Å². The number of halogens is 3. The summed E-state index contributed by atoms with van der Waals surface area (Å²) in [5, 5.41) is 3.07. The number of imide groups is 1. The molecule has 10 heteroatoms. The first kappa shape index (κ1) is 21.2. The average molecular weight is 412 g/mol. The van der Waals surface area contributed by atoms with E-state index in [0.29, 0.717) is 0 Å². The fourth-order valence-electron chi connectivity index (χ4n) is 1.92. The Labute approximate surface area is 162 Å². The molecule has 0 saturated carbocycles. The number of carbonyl (C=O) groups is 3. The minimum atomic E-state index is -4.60. The van der Waals surface area contributed by atoms with Gasteiger partial charge < -0.3 is 10.1 Å². The standard InChI is InChI=1S/C18H15F3N2O4S/c19-18(20,21)11-22-17(26)23-15(24)10-27-16(25)9-7-13-6-8-14(28-13)12-4-2-1-3-5-12/h1-9H,10-11H2,(H2,22,23,24,26)/b9-7+. The summed E-state index contributed by atoms with van der Waals surface area (Å²) in [5.41, 5.74) is 1.04. The molecule has 0 saturated heterocycles. The number of thiophene rings is 1. The maximum Gasteiger partial charge on any atom is 0.405 e. The van der Waals surface area contributed by atoms with E-state index < -0.39 is 37.2 Å². The van der Waals surface area contributed by atoms with Gasteiger partial charge in [-0.25, -0.2) is 9.59 Å². The first-order valence-corrected chi connectivity index (χ1v) is 8.69. The molecular formula is C18H15F3N2O4S. The SMILES string of the molecule is O=C(COC(=O)/C=C/c1ccc(-c2ccccc2)s1)NC(=O)NCC(F)(F)F. The Bertz CT molecular complexity index is 863. The second-order valence-corrected chi connectivity index (χ2v) is 6.47. The number of hydrogen-bond donors (Lipinski definition) is 2. The lowest BCUT2D eigenvalue weighted by Gasteiger charge is -2.08. The van der Waals surface area contributed by atoms with E-state index >= 15 is 0 Å². The fourth-order valence-corrected chi connectivity index (χ4v) is 2.84. The maximum absolute atomic E-state index is 11.9. The number of amides is 3. The number of ether oxygens (including phenoxy) is 1. The Hall–Kier alpha value is -3.14. The van der Waals surface area contributed by atoms with Gasteiger partial charge in [0.05, 0.1) is 0 Å². The number of hydrogen-bond acceptors (Lipinski definition) is 5. The van der Waals surface area contributed by atoms with Crippen LogP contribution < -0.4 is 10.6 Å². The van der Waals surface area contributed by atoms with Gasteiger partial charge in [-0.1, -0.05) is 30.3 Å². The molecule has 0 aliphatic heterocycles. The molecule has 0 fully saturated rings. The molecule has 1 aromatic heterocycles. The quantitative estimate of drug-likeness (QED) is 0.563. The van der Waals surface area contributed by atoms with Gasteiger partial charge in [-0.05, 0) is 23.8 Å². The molecule has 0 radical (unpaired) electrons. The highest BCUT2D eigenvalue weighted by atomic mass is 32.1. The lowest BCUT2D eigenvalue weighted by Crippen LogP contribution is -2.44. The summed E-state index contributed by atoms with van der Waals surface area (Å²) >= 11 is 1.45. The summed E-state index contributed by atoms with van der Waals surface area (Å²) in [7, 11) is 0. The third-order valence-electron chi connectivity index (χ3n) is 3.12. The summed E-state index contributed by atoms with van der Waals surface area (Å²) in [6.07, 6.45) is -1.98. The summed E-state index contributed by atoms with van der Waals surface area (Å²) in [6.45, 7) is -2.39. The molecule has 2 rings (SSSR count). The van der Waals surface area contributed by atoms with Crippen LogP contribution in [0.3, 0.4) is 0 Å². The largest absolute Gasteiger partial charge is 0.452 e. The van der Waals surface area contributed by atoms with E-state index in [4.69, 9.17) is 0 Å². The van der Waals surface area contributed by atoms with Crippen LogP contribution in [-0.4, -0.2) is 37.2 Å². The number of nitrogens with one attached hydrogen (secondary N) is 2. The van der Waals surface area contributed by atoms with Crippen molar-refractivity contribution in [1.29, 1.82) is 0 Å². The lowest BCUT2D eigenvalue weighted by molar-refractivity contribution is -0.143. The van der Waals surface area contributed by atoms with Crippen molar-refractivity contribution in [3.8, 4) is 10.4 Å². The number of carbonyl (C=O) groups excluding carboxylic acids is 3. The molecule has 148 valence electrons. The predicted molar refractivity (Wildman–Crippen MR) is 97.3 cm³/mol. The van der Waals surface area contributed by atoms with Gasteiger partial charge in [0, 0.05) is 15.8 Å². The number of alkyl halides is 3. The van der Waals surface area contributed by atoms with Crippen LogP contribution >= 0.6 is 11.3 Å². The van der Waals surface area contributed by atoms with Gasteiger partial charge in [0.2, 0.25) is 0 Å². The highest BCUT2D eigenvalue weighted by Gasteiger charge is 2.28. The molecule has 0 unspecified atom stereocenters. The molecule has 28 heavy (non-hydrogen) atoms. The first-order valence-electron chi connectivity index (χ1n) is 7.87. The van der Waals surface area contributed by atoms with Gasteiger partial charge in [-0.2, -0.15) is 13.2 Å². The third kappa shape index (κ3) is 7.62. The Kier molecular flexibility index (Phi) is 7.33. The van der Waals surface area contributed by atoms with Gasteiger partial charge in [-0.3, -0.25) is 10.1 Å². The lowest BCUT2D eigenvalue weighted by atomic mass is 10.2. The molecule has 1 heterocycles. The summed E-state index contributed by atoms with van der Waals surface area (Å²) in [5.74, 6) is -1.88. The van der Waals surface area contributed by atoms with Crippen LogP contribution in [0.1, 0.15) is 4.88 Å². The van der Waals surface area contributed by atoms with E-state index in [1.165, 1.54) is 22.7 Å². The van der Waals surface area contributed by atoms with Crippen LogP contribution in [0.15, 0.2) is 48.5 Å². The molecular weight excluding hydrogens is 397 g/mol. The number of benzene rings is 1. The van der Waals surface area contributed by atoms with E-state index in [1.807, 2.05) is 42.5 Å². The molecule has 3 amide bonds. The number of rotatable bonds is 6. The Morgan fingerprint density at radius 2 is 1.79 bits per heavy atom. The zero-order valence-corrected chi connectivity index (χ0v) is 15.1.